The van der Waals surface area contributed by atoms with Crippen LogP contribution in [0.3, 0.4) is 0 Å². The number of nitrogens with one attached hydrogen (secondary N) is 1. The first-order valence-electron chi connectivity index (χ1n) is 6.59. The summed E-state index contributed by atoms with van der Waals surface area (Å²) in [4.78, 5) is 4.46. The van der Waals surface area contributed by atoms with E-state index in [0.717, 1.165) is 17.3 Å². The van der Waals surface area contributed by atoms with Gasteiger partial charge in [0.15, 0.2) is 0 Å². The van der Waals surface area contributed by atoms with Gasteiger partial charge in [-0.1, -0.05) is 0 Å². The molecule has 0 bridgehead atoms. The number of hydrogen-bond donors (Lipinski definition) is 1. The van der Waals surface area contributed by atoms with Crippen LogP contribution in [0.5, 0.6) is 0 Å². The molecule has 1 heterocycles. The Morgan fingerprint density at radius 3 is 2.80 bits per heavy atom. The van der Waals surface area contributed by atoms with E-state index < -0.39 is 0 Å². The summed E-state index contributed by atoms with van der Waals surface area (Å²) in [6.07, 6.45) is 1.93. The highest BCUT2D eigenvalue weighted by atomic mass is 19.1. The second-order valence-corrected chi connectivity index (χ2v) is 5.01. The number of nitrogens with zero attached hydrogens (tertiary/aromatic N) is 2. The predicted octanol–water partition coefficient (Wildman–Crippen LogP) is 3.08. The molecule has 20 heavy (non-hydrogen) atoms. The molecule has 0 spiro atoms. The summed E-state index contributed by atoms with van der Waals surface area (Å²) >= 11 is 0. The van der Waals surface area contributed by atoms with Crippen LogP contribution in [0.25, 0.3) is 5.69 Å². The molecule has 2 aromatic rings. The van der Waals surface area contributed by atoms with Crippen LogP contribution < -0.4 is 5.32 Å². The van der Waals surface area contributed by atoms with Crippen molar-refractivity contribution in [3.63, 3.8) is 0 Å². The number of anilines is 1. The molecule has 108 valence electrons. The maximum absolute atomic E-state index is 13.4. The summed E-state index contributed by atoms with van der Waals surface area (Å²) in [5.74, 6) is 0.533. The molecule has 0 aliphatic carbocycles. The molecule has 0 saturated heterocycles. The van der Waals surface area contributed by atoms with E-state index in [-0.39, 0.29) is 11.9 Å². The molecule has 0 saturated carbocycles. The van der Waals surface area contributed by atoms with Crippen LogP contribution in [0.15, 0.2) is 24.4 Å². The predicted molar refractivity (Wildman–Crippen MR) is 78.0 cm³/mol. The molecule has 1 aromatic carbocycles. The van der Waals surface area contributed by atoms with Gasteiger partial charge >= 0.3 is 0 Å². The number of imidazole rings is 1. The SMILES string of the molecule is COCC(C)Nc1nc(C)cn1-c1ccc(F)c(C)c1. The summed E-state index contributed by atoms with van der Waals surface area (Å²) in [6, 6.07) is 5.17. The lowest BCUT2D eigenvalue weighted by molar-refractivity contribution is 0.190. The quantitative estimate of drug-likeness (QED) is 0.913. The molecule has 5 heteroatoms. The van der Waals surface area contributed by atoms with Crippen molar-refractivity contribution in [3.05, 3.63) is 41.5 Å². The molecule has 0 aliphatic rings. The largest absolute Gasteiger partial charge is 0.383 e. The molecule has 0 radical (unpaired) electrons. The van der Waals surface area contributed by atoms with Crippen molar-refractivity contribution in [2.75, 3.05) is 19.0 Å². The second-order valence-electron chi connectivity index (χ2n) is 5.01. The van der Waals surface area contributed by atoms with E-state index in [1.54, 1.807) is 20.1 Å². The first kappa shape index (κ1) is 14.5. The Balaban J connectivity index is 2.33. The van der Waals surface area contributed by atoms with Crippen molar-refractivity contribution in [1.82, 2.24) is 9.55 Å². The number of aromatic nitrogens is 2. The summed E-state index contributed by atoms with van der Waals surface area (Å²) < 4.78 is 20.4. The summed E-state index contributed by atoms with van der Waals surface area (Å²) in [5, 5.41) is 3.30. The standard InChI is InChI=1S/C15H20FN3O/c1-10-7-13(5-6-14(10)16)19-8-11(2)17-15(19)18-12(3)9-20-4/h5-8,12H,9H2,1-4H3,(H,17,18). The summed E-state index contributed by atoms with van der Waals surface area (Å²) in [5.41, 5.74) is 2.40. The van der Waals surface area contributed by atoms with Crippen molar-refractivity contribution >= 4 is 5.95 Å². The van der Waals surface area contributed by atoms with Crippen LogP contribution in [-0.2, 0) is 4.74 Å². The van der Waals surface area contributed by atoms with E-state index >= 15 is 0 Å². The van der Waals surface area contributed by atoms with E-state index in [1.807, 2.05) is 30.7 Å². The lowest BCUT2D eigenvalue weighted by Gasteiger charge is -2.15. The Hall–Kier alpha value is -1.88. The second kappa shape index (κ2) is 6.05. The van der Waals surface area contributed by atoms with E-state index in [9.17, 15) is 4.39 Å². The van der Waals surface area contributed by atoms with Gasteiger partial charge in [-0.2, -0.15) is 0 Å². The van der Waals surface area contributed by atoms with Gasteiger partial charge in [0.2, 0.25) is 5.95 Å². The maximum atomic E-state index is 13.4. The molecular weight excluding hydrogens is 257 g/mol. The van der Waals surface area contributed by atoms with Crippen LogP contribution in [0.1, 0.15) is 18.2 Å². The molecule has 0 amide bonds. The smallest absolute Gasteiger partial charge is 0.208 e. The Bertz CT molecular complexity index is 595. The van der Waals surface area contributed by atoms with E-state index in [1.165, 1.54) is 6.07 Å². The van der Waals surface area contributed by atoms with Crippen LogP contribution in [-0.4, -0.2) is 29.3 Å². The zero-order valence-corrected chi connectivity index (χ0v) is 12.3. The Morgan fingerprint density at radius 1 is 1.40 bits per heavy atom. The molecule has 1 unspecified atom stereocenters. The van der Waals surface area contributed by atoms with Crippen LogP contribution in [0, 0.1) is 19.7 Å². The average molecular weight is 277 g/mol. The van der Waals surface area contributed by atoms with Crippen LogP contribution in [0.2, 0.25) is 0 Å². The highest BCUT2D eigenvalue weighted by Crippen LogP contribution is 2.19. The topological polar surface area (TPSA) is 39.1 Å². The Morgan fingerprint density at radius 2 is 2.15 bits per heavy atom. The Labute approximate surface area is 118 Å². The third-order valence-electron chi connectivity index (χ3n) is 3.04. The minimum Gasteiger partial charge on any atom is -0.383 e. The minimum atomic E-state index is -0.201. The van der Waals surface area contributed by atoms with Gasteiger partial charge in [0.1, 0.15) is 5.82 Å². The maximum Gasteiger partial charge on any atom is 0.208 e. The van der Waals surface area contributed by atoms with Crippen molar-refractivity contribution in [2.45, 2.75) is 26.8 Å². The number of rotatable bonds is 5. The summed E-state index contributed by atoms with van der Waals surface area (Å²) in [7, 11) is 1.67. The van der Waals surface area contributed by atoms with Gasteiger partial charge in [0.05, 0.1) is 12.3 Å². The molecule has 0 fully saturated rings. The fourth-order valence-corrected chi connectivity index (χ4v) is 2.09. The van der Waals surface area contributed by atoms with Crippen molar-refractivity contribution in [3.8, 4) is 5.69 Å². The van der Waals surface area contributed by atoms with Crippen LogP contribution >= 0.6 is 0 Å². The lowest BCUT2D eigenvalue weighted by atomic mass is 10.2. The van der Waals surface area contributed by atoms with Gasteiger partial charge in [0.25, 0.3) is 0 Å². The lowest BCUT2D eigenvalue weighted by Crippen LogP contribution is -2.22. The third-order valence-corrected chi connectivity index (χ3v) is 3.04. The molecule has 0 aliphatic heterocycles. The number of hydrogen-bond acceptors (Lipinski definition) is 3. The average Bonchev–Trinajstić information content (AvgIpc) is 2.74. The zero-order chi connectivity index (χ0) is 14.7. The number of benzene rings is 1. The van der Waals surface area contributed by atoms with Gasteiger partial charge in [-0.25, -0.2) is 9.37 Å². The normalized spacial score (nSPS) is 12.4. The molecule has 4 nitrogen and oxygen atoms in total. The highest BCUT2D eigenvalue weighted by Gasteiger charge is 2.11. The van der Waals surface area contributed by atoms with Crippen molar-refractivity contribution < 1.29 is 9.13 Å². The van der Waals surface area contributed by atoms with E-state index in [2.05, 4.69) is 10.3 Å². The van der Waals surface area contributed by atoms with Gasteiger partial charge in [-0.05, 0) is 44.5 Å². The minimum absolute atomic E-state index is 0.141. The fraction of sp³-hybridized carbons (Fsp3) is 0.400. The molecular formula is C15H20FN3O. The first-order valence-corrected chi connectivity index (χ1v) is 6.59. The monoisotopic (exact) mass is 277 g/mol. The van der Waals surface area contributed by atoms with Crippen molar-refractivity contribution in [2.24, 2.45) is 0 Å². The molecule has 1 N–H and O–H groups in total. The number of aryl methyl sites for hydroxylation is 2. The number of ether oxygens (including phenoxy) is 1. The van der Waals surface area contributed by atoms with Crippen molar-refractivity contribution in [1.29, 1.82) is 0 Å². The van der Waals surface area contributed by atoms with E-state index in [0.29, 0.717) is 12.2 Å². The van der Waals surface area contributed by atoms with Gasteiger partial charge in [-0.15, -0.1) is 0 Å². The van der Waals surface area contributed by atoms with Crippen LogP contribution in [0.4, 0.5) is 10.3 Å². The molecule has 2 rings (SSSR count). The highest BCUT2D eigenvalue weighted by molar-refractivity contribution is 5.45. The summed E-state index contributed by atoms with van der Waals surface area (Å²) in [6.45, 7) is 6.30. The third kappa shape index (κ3) is 3.17. The number of halogens is 1. The number of methoxy groups -OCH3 is 1. The first-order chi connectivity index (χ1) is 9.51. The molecule has 1 atom stereocenters. The van der Waals surface area contributed by atoms with Gasteiger partial charge in [-0.3, -0.25) is 4.57 Å². The fourth-order valence-electron chi connectivity index (χ4n) is 2.09. The van der Waals surface area contributed by atoms with E-state index in [4.69, 9.17) is 4.74 Å². The van der Waals surface area contributed by atoms with Gasteiger partial charge < -0.3 is 10.1 Å². The zero-order valence-electron chi connectivity index (χ0n) is 12.3. The molecule has 1 aromatic heterocycles. The van der Waals surface area contributed by atoms with Gasteiger partial charge in [0, 0.05) is 25.0 Å². The Kier molecular flexibility index (Phi) is 4.39.